The number of benzene rings is 5. The zero-order valence-electron chi connectivity index (χ0n) is 26.6. The molecule has 0 saturated carbocycles. The Morgan fingerprint density at radius 1 is 0.875 bits per heavy atom. The lowest BCUT2D eigenvalue weighted by Gasteiger charge is -2.25. The molecule has 1 N–H and O–H groups in total. The van der Waals surface area contributed by atoms with Gasteiger partial charge in [0.2, 0.25) is 0 Å². The van der Waals surface area contributed by atoms with Crippen LogP contribution in [0.4, 0.5) is 5.69 Å². The fourth-order valence-corrected chi connectivity index (χ4v) is 7.03. The maximum absolute atomic E-state index is 14.2. The van der Waals surface area contributed by atoms with E-state index in [9.17, 15) is 9.59 Å². The molecule has 8 heteroatoms. The number of thiazole rings is 1. The first-order valence-corrected chi connectivity index (χ1v) is 16.6. The van der Waals surface area contributed by atoms with Gasteiger partial charge in [0.05, 0.1) is 28.5 Å². The Bertz CT molecular complexity index is 2340. The SMILES string of the molecule is CCOc1ccc([C@H]2C(C(=O)Nc3ccccc3)=C(C)N=c3s/c(=C\c4cccc(OCc5cccc6ccccc56)c4)c(=O)n32)cc1. The molecule has 0 radical (unpaired) electrons. The average Bonchev–Trinajstić information content (AvgIpc) is 3.41. The van der Waals surface area contributed by atoms with Gasteiger partial charge in [-0.05, 0) is 83.8 Å². The molecular weight excluding hydrogens is 619 g/mol. The number of hydrogen-bond acceptors (Lipinski definition) is 6. The van der Waals surface area contributed by atoms with E-state index in [4.69, 9.17) is 14.5 Å². The van der Waals surface area contributed by atoms with Gasteiger partial charge in [0.1, 0.15) is 18.1 Å². The molecule has 2 heterocycles. The number of nitrogens with zero attached hydrogens (tertiary/aromatic N) is 2. The Kier molecular flexibility index (Phi) is 8.72. The average molecular weight is 652 g/mol. The molecule has 0 saturated heterocycles. The van der Waals surface area contributed by atoms with Gasteiger partial charge in [-0.2, -0.15) is 0 Å². The van der Waals surface area contributed by atoms with E-state index < -0.39 is 6.04 Å². The van der Waals surface area contributed by atoms with Gasteiger partial charge in [-0.15, -0.1) is 0 Å². The van der Waals surface area contributed by atoms with Crippen LogP contribution < -0.4 is 29.7 Å². The number of carbonyl (C=O) groups excluding carboxylic acids is 1. The van der Waals surface area contributed by atoms with Crippen LogP contribution in [0.5, 0.6) is 11.5 Å². The van der Waals surface area contributed by atoms with Crippen molar-refractivity contribution >= 4 is 39.8 Å². The highest BCUT2D eigenvalue weighted by atomic mass is 32.1. The molecule has 0 unspecified atom stereocenters. The van der Waals surface area contributed by atoms with Crippen molar-refractivity contribution in [1.82, 2.24) is 4.57 Å². The standard InChI is InChI=1S/C40H33N3O4S/c1-3-46-32-21-19-29(20-22-32)37-36(38(44)42-31-15-5-4-6-16-31)26(2)41-40-43(37)39(45)35(48-40)24-27-11-9-17-33(23-27)47-25-30-14-10-13-28-12-7-8-18-34(28)30/h4-24,37H,3,25H2,1-2H3,(H,42,44)/b35-24-/t37-/m0/s1. The highest BCUT2D eigenvalue weighted by Gasteiger charge is 2.32. The summed E-state index contributed by atoms with van der Waals surface area (Å²) < 4.78 is 14.0. The molecule has 6 aromatic rings. The maximum Gasteiger partial charge on any atom is 0.271 e. The third-order valence-electron chi connectivity index (χ3n) is 8.23. The highest BCUT2D eigenvalue weighted by Crippen LogP contribution is 2.32. The number of anilines is 1. The topological polar surface area (TPSA) is 81.9 Å². The minimum atomic E-state index is -0.682. The molecule has 0 aliphatic carbocycles. The smallest absolute Gasteiger partial charge is 0.271 e. The number of para-hydroxylation sites is 1. The van der Waals surface area contributed by atoms with E-state index in [0.29, 0.717) is 51.0 Å². The van der Waals surface area contributed by atoms with Crippen molar-refractivity contribution in [3.63, 3.8) is 0 Å². The summed E-state index contributed by atoms with van der Waals surface area (Å²) in [5.41, 5.74) is 4.10. The van der Waals surface area contributed by atoms with Crippen molar-refractivity contribution in [2.75, 3.05) is 11.9 Å². The second-order valence-corrected chi connectivity index (χ2v) is 12.4. The zero-order chi connectivity index (χ0) is 33.0. The van der Waals surface area contributed by atoms with E-state index in [-0.39, 0.29) is 11.5 Å². The first-order valence-electron chi connectivity index (χ1n) is 15.8. The summed E-state index contributed by atoms with van der Waals surface area (Å²) in [4.78, 5) is 33.3. The van der Waals surface area contributed by atoms with Crippen LogP contribution in [0.1, 0.15) is 36.6 Å². The largest absolute Gasteiger partial charge is 0.494 e. The fraction of sp³-hybridized carbons (Fsp3) is 0.125. The summed E-state index contributed by atoms with van der Waals surface area (Å²) >= 11 is 1.30. The first kappa shape index (κ1) is 30.9. The van der Waals surface area contributed by atoms with Gasteiger partial charge in [0.25, 0.3) is 11.5 Å². The fourth-order valence-electron chi connectivity index (χ4n) is 5.99. The Morgan fingerprint density at radius 3 is 2.44 bits per heavy atom. The number of rotatable bonds is 9. The van der Waals surface area contributed by atoms with Gasteiger partial charge in [-0.25, -0.2) is 4.99 Å². The van der Waals surface area contributed by atoms with E-state index in [1.165, 1.54) is 16.7 Å². The zero-order valence-corrected chi connectivity index (χ0v) is 27.4. The third kappa shape index (κ3) is 6.30. The summed E-state index contributed by atoms with van der Waals surface area (Å²) in [5.74, 6) is 1.10. The Hall–Kier alpha value is -5.73. The summed E-state index contributed by atoms with van der Waals surface area (Å²) in [6.07, 6.45) is 1.85. The van der Waals surface area contributed by atoms with Gasteiger partial charge in [0, 0.05) is 5.69 Å². The Morgan fingerprint density at radius 2 is 1.62 bits per heavy atom. The number of ether oxygens (including phenoxy) is 2. The van der Waals surface area contributed by atoms with Gasteiger partial charge in [0.15, 0.2) is 4.80 Å². The first-order chi connectivity index (χ1) is 23.5. The molecule has 7 rings (SSSR count). The van der Waals surface area contributed by atoms with Crippen LogP contribution in [-0.2, 0) is 11.4 Å². The molecular formula is C40H33N3O4S. The van der Waals surface area contributed by atoms with E-state index >= 15 is 0 Å². The van der Waals surface area contributed by atoms with Crippen LogP contribution in [0.3, 0.4) is 0 Å². The van der Waals surface area contributed by atoms with Crippen molar-refractivity contribution in [3.05, 3.63) is 169 Å². The van der Waals surface area contributed by atoms with Gasteiger partial charge in [-0.3, -0.25) is 14.2 Å². The van der Waals surface area contributed by atoms with Gasteiger partial charge < -0.3 is 14.8 Å². The molecule has 1 atom stereocenters. The number of fused-ring (bicyclic) bond motifs is 2. The van der Waals surface area contributed by atoms with Gasteiger partial charge in [-0.1, -0.05) is 96.3 Å². The van der Waals surface area contributed by atoms with Crippen LogP contribution in [-0.4, -0.2) is 17.1 Å². The number of carbonyl (C=O) groups is 1. The normalized spacial score (nSPS) is 14.4. The predicted molar refractivity (Wildman–Crippen MR) is 191 cm³/mol. The summed E-state index contributed by atoms with van der Waals surface area (Å²) in [6.45, 7) is 4.70. The number of hydrogen-bond donors (Lipinski definition) is 1. The third-order valence-corrected chi connectivity index (χ3v) is 9.22. The van der Waals surface area contributed by atoms with Crippen molar-refractivity contribution in [3.8, 4) is 11.5 Å². The number of allylic oxidation sites excluding steroid dienone is 1. The monoisotopic (exact) mass is 651 g/mol. The second kappa shape index (κ2) is 13.6. The van der Waals surface area contributed by atoms with Gasteiger partial charge >= 0.3 is 0 Å². The lowest BCUT2D eigenvalue weighted by atomic mass is 9.95. The molecule has 1 amide bonds. The van der Waals surface area contributed by atoms with Crippen molar-refractivity contribution in [2.45, 2.75) is 26.5 Å². The Balaban J connectivity index is 1.24. The summed E-state index contributed by atoms with van der Waals surface area (Å²) in [7, 11) is 0. The molecule has 1 aliphatic heterocycles. The van der Waals surface area contributed by atoms with E-state index in [0.717, 1.165) is 22.1 Å². The maximum atomic E-state index is 14.2. The van der Waals surface area contributed by atoms with Crippen molar-refractivity contribution in [2.24, 2.45) is 4.99 Å². The second-order valence-electron chi connectivity index (χ2n) is 11.4. The predicted octanol–water partition coefficient (Wildman–Crippen LogP) is 7.00. The van der Waals surface area contributed by atoms with Crippen LogP contribution in [0, 0.1) is 0 Å². The molecule has 238 valence electrons. The number of nitrogens with one attached hydrogen (secondary N) is 1. The molecule has 1 aromatic heterocycles. The summed E-state index contributed by atoms with van der Waals surface area (Å²) in [6, 6.07) is 38.3. The molecule has 48 heavy (non-hydrogen) atoms. The van der Waals surface area contributed by atoms with Crippen LogP contribution in [0.25, 0.3) is 16.8 Å². The number of amides is 1. The minimum Gasteiger partial charge on any atom is -0.494 e. The molecule has 0 fully saturated rings. The summed E-state index contributed by atoms with van der Waals surface area (Å²) in [5, 5.41) is 5.32. The van der Waals surface area contributed by atoms with Crippen LogP contribution >= 0.6 is 11.3 Å². The molecule has 0 bridgehead atoms. The Labute approximate surface area is 281 Å². The van der Waals surface area contributed by atoms with E-state index in [2.05, 4.69) is 29.6 Å². The van der Waals surface area contributed by atoms with Crippen LogP contribution in [0.15, 0.2) is 142 Å². The van der Waals surface area contributed by atoms with Crippen molar-refractivity contribution in [1.29, 1.82) is 0 Å². The molecule has 1 aliphatic rings. The van der Waals surface area contributed by atoms with Crippen LogP contribution in [0.2, 0.25) is 0 Å². The molecule has 0 spiro atoms. The minimum absolute atomic E-state index is 0.225. The lowest BCUT2D eigenvalue weighted by molar-refractivity contribution is -0.113. The van der Waals surface area contributed by atoms with E-state index in [1.807, 2.05) is 117 Å². The molecule has 7 nitrogen and oxygen atoms in total. The van der Waals surface area contributed by atoms with E-state index in [1.54, 1.807) is 4.57 Å². The quantitative estimate of drug-likeness (QED) is 0.183. The van der Waals surface area contributed by atoms with Crippen molar-refractivity contribution < 1.29 is 14.3 Å². The molecule has 5 aromatic carbocycles. The lowest BCUT2D eigenvalue weighted by Crippen LogP contribution is -2.40. The highest BCUT2D eigenvalue weighted by molar-refractivity contribution is 7.07. The number of aromatic nitrogens is 1.